The number of benzene rings is 1. The van der Waals surface area contributed by atoms with Crippen molar-refractivity contribution in [3.05, 3.63) is 34.9 Å². The Morgan fingerprint density at radius 1 is 1.08 bits per heavy atom. The Morgan fingerprint density at radius 2 is 1.68 bits per heavy atom. The van der Waals surface area contributed by atoms with Crippen molar-refractivity contribution in [3.63, 3.8) is 0 Å². The summed E-state index contributed by atoms with van der Waals surface area (Å²) in [4.78, 5) is 15.7. The van der Waals surface area contributed by atoms with E-state index in [1.165, 1.54) is 5.56 Å². The second-order valence-corrected chi connectivity index (χ2v) is 7.02. The Bertz CT molecular complexity index is 553. The number of amides is 1. The number of nitrogens with zero attached hydrogens (tertiary/aromatic N) is 1. The molecule has 1 amide bonds. The SMILES string of the molecule is CN=C(NCCCNC(=O)OC(C)(C)C)NCCc1ccc(Cl)cc1. The molecule has 7 heteroatoms. The van der Waals surface area contributed by atoms with Gasteiger partial charge in [-0.1, -0.05) is 23.7 Å². The van der Waals surface area contributed by atoms with Crippen molar-refractivity contribution in [2.75, 3.05) is 26.7 Å². The Labute approximate surface area is 155 Å². The molecule has 0 atom stereocenters. The zero-order chi connectivity index (χ0) is 18.7. The van der Waals surface area contributed by atoms with Crippen molar-refractivity contribution in [1.82, 2.24) is 16.0 Å². The molecule has 0 fully saturated rings. The molecule has 0 unspecified atom stereocenters. The second kappa shape index (κ2) is 10.8. The maximum Gasteiger partial charge on any atom is 0.407 e. The highest BCUT2D eigenvalue weighted by Gasteiger charge is 2.15. The average molecular weight is 369 g/mol. The summed E-state index contributed by atoms with van der Waals surface area (Å²) >= 11 is 5.87. The van der Waals surface area contributed by atoms with Crippen LogP contribution in [0.25, 0.3) is 0 Å². The van der Waals surface area contributed by atoms with Crippen LogP contribution < -0.4 is 16.0 Å². The summed E-state index contributed by atoms with van der Waals surface area (Å²) in [6.07, 6.45) is 1.27. The van der Waals surface area contributed by atoms with Crippen molar-refractivity contribution in [1.29, 1.82) is 0 Å². The number of hydrogen-bond donors (Lipinski definition) is 3. The quantitative estimate of drug-likeness (QED) is 0.393. The van der Waals surface area contributed by atoms with E-state index in [0.29, 0.717) is 13.1 Å². The molecule has 0 aliphatic rings. The van der Waals surface area contributed by atoms with Crippen LogP contribution in [0.15, 0.2) is 29.3 Å². The monoisotopic (exact) mass is 368 g/mol. The van der Waals surface area contributed by atoms with Gasteiger partial charge < -0.3 is 20.7 Å². The molecule has 1 aromatic carbocycles. The third-order valence-corrected chi connectivity index (χ3v) is 3.41. The van der Waals surface area contributed by atoms with Crippen molar-refractivity contribution >= 4 is 23.7 Å². The van der Waals surface area contributed by atoms with Gasteiger partial charge in [-0.25, -0.2) is 4.79 Å². The lowest BCUT2D eigenvalue weighted by molar-refractivity contribution is 0.0527. The fraction of sp³-hybridized carbons (Fsp3) is 0.556. The highest BCUT2D eigenvalue weighted by Crippen LogP contribution is 2.09. The van der Waals surface area contributed by atoms with Crippen molar-refractivity contribution < 1.29 is 9.53 Å². The van der Waals surface area contributed by atoms with Crippen molar-refractivity contribution in [3.8, 4) is 0 Å². The molecule has 0 aliphatic carbocycles. The molecule has 0 heterocycles. The first kappa shape index (κ1) is 21.1. The molecule has 0 aromatic heterocycles. The molecule has 0 spiro atoms. The number of halogens is 1. The Hall–Kier alpha value is -1.95. The largest absolute Gasteiger partial charge is 0.444 e. The summed E-state index contributed by atoms with van der Waals surface area (Å²) in [5.74, 6) is 0.742. The third kappa shape index (κ3) is 10.5. The highest BCUT2D eigenvalue weighted by molar-refractivity contribution is 6.30. The number of ether oxygens (including phenoxy) is 1. The van der Waals surface area contributed by atoms with Gasteiger partial charge in [0.05, 0.1) is 0 Å². The summed E-state index contributed by atoms with van der Waals surface area (Å²) in [6.45, 7) is 7.55. The highest BCUT2D eigenvalue weighted by atomic mass is 35.5. The standard InChI is InChI=1S/C18H29ClN4O2/c1-18(2,3)25-17(24)23-12-5-11-21-16(20-4)22-13-10-14-6-8-15(19)9-7-14/h6-9H,5,10-13H2,1-4H3,(H,23,24)(H2,20,21,22). The van der Waals surface area contributed by atoms with E-state index in [4.69, 9.17) is 16.3 Å². The minimum atomic E-state index is -0.474. The normalized spacial score (nSPS) is 11.8. The zero-order valence-corrected chi connectivity index (χ0v) is 16.2. The van der Waals surface area contributed by atoms with E-state index in [-0.39, 0.29) is 0 Å². The maximum absolute atomic E-state index is 11.5. The molecule has 0 saturated heterocycles. The van der Waals surface area contributed by atoms with Gasteiger partial charge in [0.1, 0.15) is 5.60 Å². The molecule has 140 valence electrons. The lowest BCUT2D eigenvalue weighted by atomic mass is 10.1. The van der Waals surface area contributed by atoms with Gasteiger partial charge in [-0.15, -0.1) is 0 Å². The van der Waals surface area contributed by atoms with Gasteiger partial charge in [-0.2, -0.15) is 0 Å². The van der Waals surface area contributed by atoms with Crippen LogP contribution >= 0.6 is 11.6 Å². The summed E-state index contributed by atoms with van der Waals surface area (Å²) < 4.78 is 5.17. The Kier molecular flexibility index (Phi) is 9.13. The first-order valence-corrected chi connectivity index (χ1v) is 8.84. The number of carbonyl (C=O) groups excluding carboxylic acids is 1. The van der Waals surface area contributed by atoms with Gasteiger partial charge in [-0.05, 0) is 51.3 Å². The molecular weight excluding hydrogens is 340 g/mol. The Morgan fingerprint density at radius 3 is 2.28 bits per heavy atom. The zero-order valence-electron chi connectivity index (χ0n) is 15.5. The minimum absolute atomic E-state index is 0.391. The number of carbonyl (C=O) groups is 1. The van der Waals surface area contributed by atoms with Crippen LogP contribution in [0.1, 0.15) is 32.8 Å². The molecule has 0 bridgehead atoms. The van der Waals surface area contributed by atoms with Crippen LogP contribution in [0.4, 0.5) is 4.79 Å². The number of alkyl carbamates (subject to hydrolysis) is 1. The maximum atomic E-state index is 11.5. The number of aliphatic imine (C=N–C) groups is 1. The number of nitrogens with one attached hydrogen (secondary N) is 3. The van der Waals surface area contributed by atoms with Gasteiger partial charge in [-0.3, -0.25) is 4.99 Å². The first-order chi connectivity index (χ1) is 11.8. The number of hydrogen-bond acceptors (Lipinski definition) is 3. The summed E-state index contributed by atoms with van der Waals surface area (Å²) in [5.41, 5.74) is 0.743. The van der Waals surface area contributed by atoms with Gasteiger partial charge in [0.25, 0.3) is 0 Å². The molecule has 0 saturated carbocycles. The summed E-state index contributed by atoms with van der Waals surface area (Å²) in [6, 6.07) is 7.81. The predicted molar refractivity (Wildman–Crippen MR) is 103 cm³/mol. The van der Waals surface area contributed by atoms with Gasteiger partial charge in [0.2, 0.25) is 0 Å². The van der Waals surface area contributed by atoms with Crippen molar-refractivity contribution in [2.45, 2.75) is 39.2 Å². The van der Waals surface area contributed by atoms with E-state index in [0.717, 1.165) is 30.4 Å². The topological polar surface area (TPSA) is 74.8 Å². The smallest absolute Gasteiger partial charge is 0.407 e. The number of rotatable bonds is 7. The van der Waals surface area contributed by atoms with Crippen LogP contribution in [0.5, 0.6) is 0 Å². The van der Waals surface area contributed by atoms with Crippen LogP contribution in [-0.2, 0) is 11.2 Å². The molecular formula is C18H29ClN4O2. The van der Waals surface area contributed by atoms with Gasteiger partial charge >= 0.3 is 6.09 Å². The molecule has 25 heavy (non-hydrogen) atoms. The fourth-order valence-corrected chi connectivity index (χ4v) is 2.12. The van der Waals surface area contributed by atoms with Gasteiger partial charge in [0, 0.05) is 31.7 Å². The van der Waals surface area contributed by atoms with E-state index in [1.807, 2.05) is 45.0 Å². The van der Waals surface area contributed by atoms with E-state index >= 15 is 0 Å². The molecule has 6 nitrogen and oxygen atoms in total. The summed E-state index contributed by atoms with van der Waals surface area (Å²) in [5, 5.41) is 9.94. The molecule has 1 aromatic rings. The first-order valence-electron chi connectivity index (χ1n) is 8.46. The molecule has 0 aliphatic heterocycles. The van der Waals surface area contributed by atoms with Gasteiger partial charge in [0.15, 0.2) is 5.96 Å². The molecule has 0 radical (unpaired) electrons. The van der Waals surface area contributed by atoms with E-state index in [1.54, 1.807) is 7.05 Å². The van der Waals surface area contributed by atoms with Crippen LogP contribution in [0.3, 0.4) is 0 Å². The number of guanidine groups is 1. The van der Waals surface area contributed by atoms with Crippen LogP contribution in [0.2, 0.25) is 5.02 Å². The molecule has 3 N–H and O–H groups in total. The fourth-order valence-electron chi connectivity index (χ4n) is 2.00. The Balaban J connectivity index is 2.14. The van der Waals surface area contributed by atoms with Crippen LogP contribution in [0, 0.1) is 0 Å². The lowest BCUT2D eigenvalue weighted by Crippen LogP contribution is -2.40. The van der Waals surface area contributed by atoms with Crippen LogP contribution in [-0.4, -0.2) is 44.3 Å². The van der Waals surface area contributed by atoms with E-state index < -0.39 is 11.7 Å². The van der Waals surface area contributed by atoms with E-state index in [2.05, 4.69) is 20.9 Å². The summed E-state index contributed by atoms with van der Waals surface area (Å²) in [7, 11) is 1.73. The lowest BCUT2D eigenvalue weighted by Gasteiger charge is -2.19. The minimum Gasteiger partial charge on any atom is -0.444 e. The average Bonchev–Trinajstić information content (AvgIpc) is 2.53. The second-order valence-electron chi connectivity index (χ2n) is 6.58. The molecule has 1 rings (SSSR count). The third-order valence-electron chi connectivity index (χ3n) is 3.16. The predicted octanol–water partition coefficient (Wildman–Crippen LogP) is 2.96. The van der Waals surface area contributed by atoms with E-state index in [9.17, 15) is 4.79 Å². The van der Waals surface area contributed by atoms with Crippen molar-refractivity contribution in [2.24, 2.45) is 4.99 Å².